The van der Waals surface area contributed by atoms with Crippen LogP contribution < -0.4 is 4.90 Å². The van der Waals surface area contributed by atoms with Crippen molar-refractivity contribution in [2.45, 2.75) is 46.2 Å². The lowest BCUT2D eigenvalue weighted by Crippen LogP contribution is -2.37. The standard InChI is InChI=1S/C18H25F3N2O2/c1-4-10-22(11-5-2)17(25)9-12-23(14(3)24)16-8-6-7-15(13-16)18(19,20)21/h6-8,13H,4-5,9-12H2,1-3H3. The van der Waals surface area contributed by atoms with E-state index in [1.54, 1.807) is 4.90 Å². The van der Waals surface area contributed by atoms with Gasteiger partial charge in [0.1, 0.15) is 0 Å². The van der Waals surface area contributed by atoms with Gasteiger partial charge in [-0.15, -0.1) is 0 Å². The number of nitrogens with zero attached hydrogens (tertiary/aromatic N) is 2. The van der Waals surface area contributed by atoms with Gasteiger partial charge in [-0.3, -0.25) is 9.59 Å². The molecule has 1 aromatic carbocycles. The Hall–Kier alpha value is -2.05. The van der Waals surface area contributed by atoms with Gasteiger partial charge in [0.05, 0.1) is 5.56 Å². The Bertz CT molecular complexity index is 582. The number of carbonyl (C=O) groups excluding carboxylic acids is 2. The number of rotatable bonds is 8. The van der Waals surface area contributed by atoms with Gasteiger partial charge in [0.25, 0.3) is 0 Å². The third kappa shape index (κ3) is 6.40. The second-order valence-corrected chi connectivity index (χ2v) is 5.85. The maximum Gasteiger partial charge on any atom is 0.416 e. The summed E-state index contributed by atoms with van der Waals surface area (Å²) in [5, 5.41) is 0. The van der Waals surface area contributed by atoms with Crippen LogP contribution in [0.15, 0.2) is 24.3 Å². The molecule has 0 saturated heterocycles. The molecule has 25 heavy (non-hydrogen) atoms. The van der Waals surface area contributed by atoms with Gasteiger partial charge in [-0.2, -0.15) is 13.2 Å². The zero-order valence-corrected chi connectivity index (χ0v) is 14.9. The Morgan fingerprint density at radius 2 is 1.64 bits per heavy atom. The highest BCUT2D eigenvalue weighted by atomic mass is 19.4. The van der Waals surface area contributed by atoms with Gasteiger partial charge < -0.3 is 9.80 Å². The molecule has 0 aliphatic rings. The van der Waals surface area contributed by atoms with Crippen molar-refractivity contribution in [3.05, 3.63) is 29.8 Å². The molecule has 0 aromatic heterocycles. The van der Waals surface area contributed by atoms with Gasteiger partial charge in [0.2, 0.25) is 11.8 Å². The molecule has 0 aliphatic carbocycles. The zero-order valence-electron chi connectivity index (χ0n) is 14.9. The first-order valence-electron chi connectivity index (χ1n) is 8.43. The molecule has 2 amide bonds. The van der Waals surface area contributed by atoms with Crippen LogP contribution in [-0.2, 0) is 15.8 Å². The lowest BCUT2D eigenvalue weighted by Gasteiger charge is -2.25. The highest BCUT2D eigenvalue weighted by Crippen LogP contribution is 2.31. The molecular weight excluding hydrogens is 333 g/mol. The Kier molecular flexibility index (Phi) is 7.93. The molecule has 0 saturated carbocycles. The van der Waals surface area contributed by atoms with Crippen molar-refractivity contribution in [2.24, 2.45) is 0 Å². The minimum Gasteiger partial charge on any atom is -0.343 e. The molecule has 0 atom stereocenters. The van der Waals surface area contributed by atoms with Crippen LogP contribution >= 0.6 is 0 Å². The summed E-state index contributed by atoms with van der Waals surface area (Å²) in [6.45, 7) is 6.55. The van der Waals surface area contributed by atoms with Crippen LogP contribution in [0.1, 0.15) is 45.6 Å². The number of anilines is 1. The Balaban J connectivity index is 2.88. The van der Waals surface area contributed by atoms with E-state index in [2.05, 4.69) is 0 Å². The minimum absolute atomic E-state index is 0.0550. The maximum atomic E-state index is 12.9. The summed E-state index contributed by atoms with van der Waals surface area (Å²) < 4.78 is 38.6. The highest BCUT2D eigenvalue weighted by molar-refractivity contribution is 5.92. The summed E-state index contributed by atoms with van der Waals surface area (Å²) >= 11 is 0. The topological polar surface area (TPSA) is 40.6 Å². The monoisotopic (exact) mass is 358 g/mol. The summed E-state index contributed by atoms with van der Waals surface area (Å²) in [6, 6.07) is 4.59. The first kappa shape index (κ1) is 21.0. The van der Waals surface area contributed by atoms with E-state index < -0.39 is 17.6 Å². The van der Waals surface area contributed by atoms with E-state index in [-0.39, 0.29) is 24.6 Å². The van der Waals surface area contributed by atoms with Crippen molar-refractivity contribution in [1.29, 1.82) is 0 Å². The number of amides is 2. The molecule has 0 spiro atoms. The van der Waals surface area contributed by atoms with Crippen molar-refractivity contribution < 1.29 is 22.8 Å². The predicted octanol–water partition coefficient (Wildman–Crippen LogP) is 4.10. The molecule has 1 rings (SSSR count). The Morgan fingerprint density at radius 1 is 1.04 bits per heavy atom. The highest BCUT2D eigenvalue weighted by Gasteiger charge is 2.31. The number of alkyl halides is 3. The smallest absolute Gasteiger partial charge is 0.343 e. The molecule has 4 nitrogen and oxygen atoms in total. The average Bonchev–Trinajstić information content (AvgIpc) is 2.54. The fourth-order valence-electron chi connectivity index (χ4n) is 2.59. The lowest BCUT2D eigenvalue weighted by molar-refractivity contribution is -0.137. The minimum atomic E-state index is -4.48. The molecule has 0 fully saturated rings. The molecule has 0 N–H and O–H groups in total. The van der Waals surface area contributed by atoms with E-state index in [0.29, 0.717) is 13.1 Å². The van der Waals surface area contributed by atoms with Gasteiger partial charge in [0.15, 0.2) is 0 Å². The normalized spacial score (nSPS) is 11.3. The van der Waals surface area contributed by atoms with Crippen LogP contribution in [0.2, 0.25) is 0 Å². The molecule has 0 radical (unpaired) electrons. The van der Waals surface area contributed by atoms with Gasteiger partial charge in [-0.05, 0) is 31.0 Å². The van der Waals surface area contributed by atoms with Gasteiger partial charge in [-0.25, -0.2) is 0 Å². The van der Waals surface area contributed by atoms with Crippen LogP contribution in [0, 0.1) is 0 Å². The summed E-state index contributed by atoms with van der Waals surface area (Å²) in [5.74, 6) is -0.494. The quantitative estimate of drug-likeness (QED) is 0.702. The van der Waals surface area contributed by atoms with Crippen LogP contribution in [-0.4, -0.2) is 36.3 Å². The first-order valence-corrected chi connectivity index (χ1v) is 8.43. The average molecular weight is 358 g/mol. The SMILES string of the molecule is CCCN(CCC)C(=O)CCN(C(C)=O)c1cccc(C(F)(F)F)c1. The van der Waals surface area contributed by atoms with E-state index in [1.807, 2.05) is 13.8 Å². The van der Waals surface area contributed by atoms with Crippen molar-refractivity contribution in [1.82, 2.24) is 4.90 Å². The van der Waals surface area contributed by atoms with Crippen LogP contribution in [0.3, 0.4) is 0 Å². The third-order valence-electron chi connectivity index (χ3n) is 3.75. The lowest BCUT2D eigenvalue weighted by atomic mass is 10.1. The van der Waals surface area contributed by atoms with Gasteiger partial charge >= 0.3 is 6.18 Å². The van der Waals surface area contributed by atoms with Crippen LogP contribution in [0.4, 0.5) is 18.9 Å². The summed E-state index contributed by atoms with van der Waals surface area (Å²) in [7, 11) is 0. The van der Waals surface area contributed by atoms with Crippen molar-refractivity contribution >= 4 is 17.5 Å². The molecule has 0 unspecified atom stereocenters. The van der Waals surface area contributed by atoms with E-state index in [9.17, 15) is 22.8 Å². The number of benzene rings is 1. The van der Waals surface area contributed by atoms with Crippen LogP contribution in [0.25, 0.3) is 0 Å². The van der Waals surface area contributed by atoms with Gasteiger partial charge in [-0.1, -0.05) is 19.9 Å². The molecule has 140 valence electrons. The van der Waals surface area contributed by atoms with E-state index in [0.717, 1.165) is 25.0 Å². The predicted molar refractivity (Wildman–Crippen MR) is 91.3 cm³/mol. The Morgan fingerprint density at radius 3 is 2.12 bits per heavy atom. The van der Waals surface area contributed by atoms with Gasteiger partial charge in [0, 0.05) is 38.7 Å². The second-order valence-electron chi connectivity index (χ2n) is 5.85. The first-order chi connectivity index (χ1) is 11.7. The molecule has 1 aromatic rings. The van der Waals surface area contributed by atoms with Crippen molar-refractivity contribution in [3.8, 4) is 0 Å². The number of hydrogen-bond donors (Lipinski definition) is 0. The Labute approximate surface area is 146 Å². The fraction of sp³-hybridized carbons (Fsp3) is 0.556. The fourth-order valence-corrected chi connectivity index (χ4v) is 2.59. The number of halogens is 3. The maximum absolute atomic E-state index is 12.9. The van der Waals surface area contributed by atoms with E-state index in [1.165, 1.54) is 24.0 Å². The summed E-state index contributed by atoms with van der Waals surface area (Å²) in [4.78, 5) is 27.1. The molecule has 0 heterocycles. The van der Waals surface area contributed by atoms with Crippen molar-refractivity contribution in [3.63, 3.8) is 0 Å². The van der Waals surface area contributed by atoms with Crippen molar-refractivity contribution in [2.75, 3.05) is 24.5 Å². The number of carbonyl (C=O) groups is 2. The molecule has 0 bridgehead atoms. The molecular formula is C18H25F3N2O2. The number of hydrogen-bond acceptors (Lipinski definition) is 2. The summed E-state index contributed by atoms with van der Waals surface area (Å²) in [5.41, 5.74) is -0.672. The third-order valence-corrected chi connectivity index (χ3v) is 3.75. The second kappa shape index (κ2) is 9.44. The summed E-state index contributed by atoms with van der Waals surface area (Å²) in [6.07, 6.45) is -2.74. The van der Waals surface area contributed by atoms with E-state index >= 15 is 0 Å². The van der Waals surface area contributed by atoms with Crippen LogP contribution in [0.5, 0.6) is 0 Å². The zero-order chi connectivity index (χ0) is 19.0. The molecule has 7 heteroatoms. The molecule has 0 aliphatic heterocycles. The largest absolute Gasteiger partial charge is 0.416 e. The van der Waals surface area contributed by atoms with E-state index in [4.69, 9.17) is 0 Å².